The molecule has 0 radical (unpaired) electrons. The summed E-state index contributed by atoms with van der Waals surface area (Å²) in [5.41, 5.74) is 4.22. The van der Waals surface area contributed by atoms with E-state index in [1.807, 2.05) is 65.1 Å². The summed E-state index contributed by atoms with van der Waals surface area (Å²) < 4.78 is 1.81. The molecule has 0 bridgehead atoms. The number of hydrogen-bond acceptors (Lipinski definition) is 5. The molecule has 1 saturated heterocycles. The van der Waals surface area contributed by atoms with Gasteiger partial charge in [-0.15, -0.1) is 0 Å². The molecular weight excluding hydrogens is 364 g/mol. The number of hydrogen-bond donors (Lipinski definition) is 0. The van der Waals surface area contributed by atoms with Crippen molar-refractivity contribution in [3.8, 4) is 11.1 Å². The van der Waals surface area contributed by atoms with Crippen molar-refractivity contribution in [3.63, 3.8) is 0 Å². The van der Waals surface area contributed by atoms with Crippen LogP contribution in [0, 0.1) is 6.92 Å². The van der Waals surface area contributed by atoms with Crippen LogP contribution in [-0.2, 0) is 0 Å². The number of carbonyl (C=O) groups excluding carboxylic acids is 1. The van der Waals surface area contributed by atoms with Crippen LogP contribution < -0.4 is 0 Å². The van der Waals surface area contributed by atoms with Crippen molar-refractivity contribution < 1.29 is 4.79 Å². The fraction of sp³-hybridized carbons (Fsp3) is 0.227. The highest BCUT2D eigenvalue weighted by atomic mass is 16.2. The Kier molecular flexibility index (Phi) is 4.27. The molecule has 0 N–H and O–H groups in total. The van der Waals surface area contributed by atoms with Crippen molar-refractivity contribution >= 4 is 11.6 Å². The van der Waals surface area contributed by atoms with Gasteiger partial charge in [-0.25, -0.2) is 14.5 Å². The van der Waals surface area contributed by atoms with Gasteiger partial charge in [-0.05, 0) is 43.7 Å². The fourth-order valence-electron chi connectivity index (χ4n) is 3.76. The van der Waals surface area contributed by atoms with Gasteiger partial charge < -0.3 is 4.90 Å². The molecule has 0 aromatic carbocycles. The maximum absolute atomic E-state index is 12.8. The van der Waals surface area contributed by atoms with E-state index in [2.05, 4.69) is 9.97 Å². The minimum Gasteiger partial charge on any atom is -0.337 e. The van der Waals surface area contributed by atoms with Crippen molar-refractivity contribution in [2.24, 2.45) is 0 Å². The zero-order valence-electron chi connectivity index (χ0n) is 16.1. The first-order chi connectivity index (χ1) is 14.2. The number of nitrogens with zero attached hydrogens (tertiary/aromatic N) is 6. The van der Waals surface area contributed by atoms with Crippen LogP contribution in [0.5, 0.6) is 0 Å². The molecule has 0 aliphatic carbocycles. The smallest absolute Gasteiger partial charge is 0.272 e. The molecule has 7 nitrogen and oxygen atoms in total. The summed E-state index contributed by atoms with van der Waals surface area (Å²) in [5.74, 6) is 0.880. The third kappa shape index (κ3) is 3.35. The van der Waals surface area contributed by atoms with E-state index >= 15 is 0 Å². The molecule has 1 amide bonds. The highest BCUT2D eigenvalue weighted by molar-refractivity contribution is 5.92. The first-order valence-corrected chi connectivity index (χ1v) is 9.67. The monoisotopic (exact) mass is 384 g/mol. The number of aryl methyl sites for hydroxylation is 1. The van der Waals surface area contributed by atoms with Crippen LogP contribution in [0.3, 0.4) is 0 Å². The molecule has 0 unspecified atom stereocenters. The summed E-state index contributed by atoms with van der Waals surface area (Å²) in [5, 5.41) is 4.69. The van der Waals surface area contributed by atoms with Gasteiger partial charge in [0, 0.05) is 54.4 Å². The zero-order chi connectivity index (χ0) is 19.8. The van der Waals surface area contributed by atoms with Crippen molar-refractivity contribution in [2.45, 2.75) is 19.3 Å². The van der Waals surface area contributed by atoms with E-state index in [0.29, 0.717) is 18.8 Å². The van der Waals surface area contributed by atoms with Crippen LogP contribution in [0.2, 0.25) is 0 Å². The molecule has 0 spiro atoms. The van der Waals surface area contributed by atoms with Crippen LogP contribution in [0.25, 0.3) is 16.8 Å². The van der Waals surface area contributed by atoms with E-state index in [0.717, 1.165) is 34.7 Å². The van der Waals surface area contributed by atoms with Crippen LogP contribution >= 0.6 is 0 Å². The predicted octanol–water partition coefficient (Wildman–Crippen LogP) is 3.12. The summed E-state index contributed by atoms with van der Waals surface area (Å²) in [4.78, 5) is 27.8. The lowest BCUT2D eigenvalue weighted by Gasteiger charge is -2.15. The zero-order valence-corrected chi connectivity index (χ0v) is 16.1. The second-order valence-electron chi connectivity index (χ2n) is 7.33. The molecule has 29 heavy (non-hydrogen) atoms. The van der Waals surface area contributed by atoms with Gasteiger partial charge in [-0.3, -0.25) is 9.78 Å². The van der Waals surface area contributed by atoms with Crippen molar-refractivity contribution in [1.82, 2.24) is 29.5 Å². The molecule has 144 valence electrons. The molecule has 5 heterocycles. The maximum atomic E-state index is 12.8. The lowest BCUT2D eigenvalue weighted by molar-refractivity contribution is 0.0784. The average Bonchev–Trinajstić information content (AvgIpc) is 3.40. The summed E-state index contributed by atoms with van der Waals surface area (Å²) >= 11 is 0. The van der Waals surface area contributed by atoms with E-state index in [9.17, 15) is 4.79 Å². The number of carbonyl (C=O) groups is 1. The van der Waals surface area contributed by atoms with E-state index < -0.39 is 0 Å². The van der Waals surface area contributed by atoms with Gasteiger partial charge in [0.05, 0.1) is 0 Å². The van der Waals surface area contributed by atoms with Crippen molar-refractivity contribution in [1.29, 1.82) is 0 Å². The number of pyridine rings is 3. The van der Waals surface area contributed by atoms with Crippen molar-refractivity contribution in [3.05, 3.63) is 78.3 Å². The highest BCUT2D eigenvalue weighted by Gasteiger charge is 2.31. The number of fused-ring (bicyclic) bond motifs is 1. The molecule has 0 saturated carbocycles. The predicted molar refractivity (Wildman–Crippen MR) is 108 cm³/mol. The molecular formula is C22H20N6O. The largest absolute Gasteiger partial charge is 0.337 e. The Morgan fingerprint density at radius 3 is 2.83 bits per heavy atom. The molecule has 7 heteroatoms. The van der Waals surface area contributed by atoms with Gasteiger partial charge in [0.25, 0.3) is 5.91 Å². The number of amides is 1. The third-order valence-corrected chi connectivity index (χ3v) is 5.29. The lowest BCUT2D eigenvalue weighted by Crippen LogP contribution is -2.29. The molecule has 1 aliphatic heterocycles. The van der Waals surface area contributed by atoms with E-state index in [1.165, 1.54) is 0 Å². The average molecular weight is 384 g/mol. The maximum Gasteiger partial charge on any atom is 0.272 e. The topological polar surface area (TPSA) is 76.3 Å². The van der Waals surface area contributed by atoms with Gasteiger partial charge in [0.2, 0.25) is 0 Å². The van der Waals surface area contributed by atoms with Gasteiger partial charge >= 0.3 is 0 Å². The summed E-state index contributed by atoms with van der Waals surface area (Å²) in [6, 6.07) is 13.5. The van der Waals surface area contributed by atoms with Crippen LogP contribution in [-0.4, -0.2) is 48.5 Å². The second-order valence-corrected chi connectivity index (χ2v) is 7.33. The van der Waals surface area contributed by atoms with Gasteiger partial charge in [-0.1, -0.05) is 12.1 Å². The van der Waals surface area contributed by atoms with E-state index in [-0.39, 0.29) is 11.8 Å². The number of aromatic nitrogens is 5. The Labute approximate surface area is 168 Å². The summed E-state index contributed by atoms with van der Waals surface area (Å²) in [6.45, 7) is 3.19. The molecule has 4 aromatic rings. The Bertz CT molecular complexity index is 1190. The van der Waals surface area contributed by atoms with Gasteiger partial charge in [0.1, 0.15) is 5.69 Å². The molecule has 1 atom stereocenters. The lowest BCUT2D eigenvalue weighted by atomic mass is 10.1. The quantitative estimate of drug-likeness (QED) is 0.542. The highest BCUT2D eigenvalue weighted by Crippen LogP contribution is 2.27. The number of likely N-dealkylation sites (tertiary alicyclic amines) is 1. The Balaban J connectivity index is 1.37. The van der Waals surface area contributed by atoms with Crippen LogP contribution in [0.15, 0.2) is 61.1 Å². The normalized spacial score (nSPS) is 16.4. The minimum absolute atomic E-state index is 0.0289. The van der Waals surface area contributed by atoms with Crippen LogP contribution in [0.1, 0.15) is 34.3 Å². The third-order valence-electron chi connectivity index (χ3n) is 5.29. The molecule has 1 fully saturated rings. The van der Waals surface area contributed by atoms with Gasteiger partial charge in [-0.2, -0.15) is 5.10 Å². The van der Waals surface area contributed by atoms with Gasteiger partial charge in [0.15, 0.2) is 11.5 Å². The summed E-state index contributed by atoms with van der Waals surface area (Å²) in [7, 11) is 0. The standard InChI is InChI=1S/C22H20N6O/c1-15-4-2-6-19(24-15)22(29)27-11-9-18(13-27)21-25-20-8-7-17(14-28(20)26-21)16-5-3-10-23-12-16/h2-8,10,12,14,18H,9,11,13H2,1H3/t18-/m0/s1. The van der Waals surface area contributed by atoms with Crippen molar-refractivity contribution in [2.75, 3.05) is 13.1 Å². The SMILES string of the molecule is Cc1cccc(C(=O)N2CC[C@H](c3nc4ccc(-c5cccnc5)cn4n3)C2)n1. The first-order valence-electron chi connectivity index (χ1n) is 9.67. The Morgan fingerprint density at radius 2 is 2.00 bits per heavy atom. The molecule has 4 aromatic heterocycles. The Hall–Kier alpha value is -3.61. The summed E-state index contributed by atoms with van der Waals surface area (Å²) in [6.07, 6.45) is 6.41. The fourth-order valence-corrected chi connectivity index (χ4v) is 3.76. The first kappa shape index (κ1) is 17.5. The minimum atomic E-state index is -0.0289. The number of rotatable bonds is 3. The molecule has 5 rings (SSSR count). The second kappa shape index (κ2) is 7.09. The van der Waals surface area contributed by atoms with E-state index in [1.54, 1.807) is 12.3 Å². The van der Waals surface area contributed by atoms with E-state index in [4.69, 9.17) is 10.1 Å². The van der Waals surface area contributed by atoms with Crippen LogP contribution in [0.4, 0.5) is 0 Å². The molecule has 1 aliphatic rings. The Morgan fingerprint density at radius 1 is 1.07 bits per heavy atom.